The molecule has 8 heteroatoms. The van der Waals surface area contributed by atoms with E-state index in [2.05, 4.69) is 310 Å². The Morgan fingerprint density at radius 1 is 0.273 bits per heavy atom. The Bertz CT molecular complexity index is 4340. The zero-order chi connectivity index (χ0) is 62.5. The van der Waals surface area contributed by atoms with Crippen LogP contribution in [0.2, 0.25) is 78.6 Å². The Morgan fingerprint density at radius 2 is 0.557 bits per heavy atom. The molecule has 2 nitrogen and oxygen atoms in total. The summed E-state index contributed by atoms with van der Waals surface area (Å²) >= 11 is 0. The summed E-state index contributed by atoms with van der Waals surface area (Å²) in [7, 11) is -6.53. The van der Waals surface area contributed by atoms with Gasteiger partial charge in [0.05, 0.1) is 55.0 Å². The van der Waals surface area contributed by atoms with Gasteiger partial charge >= 0.3 is 0 Å². The second kappa shape index (κ2) is 22.6. The lowest BCUT2D eigenvalue weighted by molar-refractivity contribution is 0.629. The average Bonchev–Trinajstić information content (AvgIpc) is 1.21. The van der Waals surface area contributed by atoms with Crippen molar-refractivity contribution in [2.24, 2.45) is 0 Å². The third-order valence-electron chi connectivity index (χ3n) is 18.2. The maximum absolute atomic E-state index is 18.5. The largest absolute Gasteiger partial charge is 0.306 e. The molecule has 12 aromatic carbocycles. The van der Waals surface area contributed by atoms with Gasteiger partial charge < -0.3 is 9.80 Å². The average molecular weight is 1220 g/mol. The first-order valence-corrected chi connectivity index (χ1v) is 45.2. The second-order valence-electron chi connectivity index (χ2n) is 28.9. The van der Waals surface area contributed by atoms with E-state index in [0.29, 0.717) is 11.4 Å². The highest BCUT2D eigenvalue weighted by molar-refractivity contribution is 6.90. The van der Waals surface area contributed by atoms with Crippen molar-refractivity contribution >= 4 is 119 Å². The predicted molar refractivity (Wildman–Crippen MR) is 392 cm³/mol. The third-order valence-corrected chi connectivity index (χ3v) is 26.4. The molecule has 0 spiro atoms. The fourth-order valence-electron chi connectivity index (χ4n) is 13.1. The van der Waals surface area contributed by atoms with Gasteiger partial charge in [-0.1, -0.05) is 268 Å². The van der Waals surface area contributed by atoms with E-state index in [1.807, 2.05) is 0 Å². The lowest BCUT2D eigenvalue weighted by atomic mass is 9.90. The van der Waals surface area contributed by atoms with E-state index in [9.17, 15) is 0 Å². The van der Waals surface area contributed by atoms with E-state index < -0.39 is 32.3 Å². The van der Waals surface area contributed by atoms with E-state index in [-0.39, 0.29) is 11.6 Å². The van der Waals surface area contributed by atoms with Crippen molar-refractivity contribution in [1.29, 1.82) is 0 Å². The van der Waals surface area contributed by atoms with Crippen molar-refractivity contribution in [2.75, 3.05) is 9.80 Å². The van der Waals surface area contributed by atoms with Gasteiger partial charge in [0.2, 0.25) is 0 Å². The smallest absolute Gasteiger partial charge is 0.148 e. The van der Waals surface area contributed by atoms with Gasteiger partial charge in [-0.3, -0.25) is 0 Å². The second-order valence-corrected chi connectivity index (χ2v) is 49.2. The van der Waals surface area contributed by atoms with Crippen molar-refractivity contribution in [1.82, 2.24) is 0 Å². The highest BCUT2D eigenvalue weighted by atomic mass is 28.3. The van der Waals surface area contributed by atoms with E-state index in [1.54, 1.807) is 12.1 Å². The molecule has 0 N–H and O–H groups in total. The van der Waals surface area contributed by atoms with E-state index in [4.69, 9.17) is 0 Å². The van der Waals surface area contributed by atoms with Gasteiger partial charge in [0, 0.05) is 33.3 Å². The minimum absolute atomic E-state index is 0.310. The van der Waals surface area contributed by atoms with E-state index in [1.165, 1.54) is 20.7 Å². The first-order chi connectivity index (χ1) is 41.6. The molecule has 0 fully saturated rings. The Kier molecular flexibility index (Phi) is 15.5. The maximum Gasteiger partial charge on any atom is 0.148 e. The molecule has 12 aromatic rings. The summed E-state index contributed by atoms with van der Waals surface area (Å²) in [5.41, 5.74) is 16.0. The van der Waals surface area contributed by atoms with Crippen LogP contribution in [0.5, 0.6) is 0 Å². The highest BCUT2D eigenvalue weighted by Gasteiger charge is 2.31. The van der Waals surface area contributed by atoms with Crippen molar-refractivity contribution in [2.45, 2.75) is 106 Å². The normalized spacial score (nSPS) is 12.4. The van der Waals surface area contributed by atoms with Crippen LogP contribution in [0, 0.1) is 39.3 Å². The number of halogens is 2. The monoisotopic (exact) mass is 1220 g/mol. The molecule has 0 aromatic heterocycles. The molecule has 0 aliphatic carbocycles. The van der Waals surface area contributed by atoms with Crippen LogP contribution >= 0.6 is 0 Å². The van der Waals surface area contributed by atoms with Crippen molar-refractivity contribution in [3.05, 3.63) is 240 Å². The summed E-state index contributed by atoms with van der Waals surface area (Å²) in [5.74, 6) is -0.619. The van der Waals surface area contributed by atoms with Gasteiger partial charge in [0.15, 0.2) is 0 Å². The van der Waals surface area contributed by atoms with Crippen LogP contribution in [0.15, 0.2) is 206 Å². The predicted octanol–water partition coefficient (Wildman–Crippen LogP) is 21.9. The fourth-order valence-corrected chi connectivity index (χ4v) is 17.7. The van der Waals surface area contributed by atoms with Crippen LogP contribution in [0.25, 0.3) is 76.8 Å². The molecule has 0 saturated heterocycles. The zero-order valence-electron chi connectivity index (χ0n) is 54.3. The summed E-state index contributed by atoms with van der Waals surface area (Å²) in [5, 5.41) is 11.6. The summed E-state index contributed by atoms with van der Waals surface area (Å²) < 4.78 is 37.1. The highest BCUT2D eigenvalue weighted by Crippen LogP contribution is 2.53. The van der Waals surface area contributed by atoms with Gasteiger partial charge in [0.25, 0.3) is 0 Å². The van der Waals surface area contributed by atoms with Crippen LogP contribution in [0.1, 0.15) is 22.3 Å². The van der Waals surface area contributed by atoms with Crippen LogP contribution in [-0.4, -0.2) is 32.3 Å². The van der Waals surface area contributed by atoms with Gasteiger partial charge in [-0.05, 0) is 142 Å². The Balaban J connectivity index is 1.12. The topological polar surface area (TPSA) is 6.48 Å². The van der Waals surface area contributed by atoms with Crippen molar-refractivity contribution in [3.8, 4) is 44.5 Å². The number of benzene rings is 12. The molecule has 0 bridgehead atoms. The maximum atomic E-state index is 18.5. The molecule has 442 valence electrons. The molecule has 0 amide bonds. The molecule has 0 aliphatic heterocycles. The van der Waals surface area contributed by atoms with Crippen molar-refractivity contribution in [3.63, 3.8) is 0 Å². The summed E-state index contributed by atoms with van der Waals surface area (Å²) in [6.07, 6.45) is 0. The zero-order valence-corrected chi connectivity index (χ0v) is 58.3. The molecular weight excluding hydrogens is 1140 g/mol. The summed E-state index contributed by atoms with van der Waals surface area (Å²) in [6.45, 7) is 36.9. The SMILES string of the molecule is Cc1ccc(N(c2c(F)cc(-c3ccc([Si](C)(C)C)cc3)cc2-c2ccc([Si](C)(C)C)cc2)c2ccc3ccc4c(N(c5ccc(C)cc5C)c5c(F)cc(-c6ccc([Si](C)(C)C)cc6)cc5-c5ccc([Si](C)(C)C)cc5)ccc5ccc2c3c54)c(C)c1. The first-order valence-electron chi connectivity index (χ1n) is 31.2. The first kappa shape index (κ1) is 60.3. The lowest BCUT2D eigenvalue weighted by Crippen LogP contribution is -2.37. The van der Waals surface area contributed by atoms with Gasteiger partial charge in [-0.15, -0.1) is 0 Å². The minimum atomic E-state index is -1.68. The third kappa shape index (κ3) is 11.3. The molecule has 88 heavy (non-hydrogen) atoms. The number of hydrogen-bond acceptors (Lipinski definition) is 2. The summed E-state index contributed by atoms with van der Waals surface area (Å²) in [4.78, 5) is 4.38. The van der Waals surface area contributed by atoms with Crippen LogP contribution in [0.3, 0.4) is 0 Å². The molecular formula is C80H82F2N2Si4. The molecule has 0 aliphatic rings. The van der Waals surface area contributed by atoms with E-state index in [0.717, 1.165) is 122 Å². The fraction of sp³-hybridized carbons (Fsp3) is 0.200. The quantitative estimate of drug-likeness (QED) is 0.0791. The van der Waals surface area contributed by atoms with Gasteiger partial charge in [0.1, 0.15) is 11.6 Å². The van der Waals surface area contributed by atoms with Crippen LogP contribution < -0.4 is 30.5 Å². The molecule has 0 heterocycles. The molecule has 0 radical (unpaired) electrons. The summed E-state index contributed by atoms with van der Waals surface area (Å²) in [6, 6.07) is 74.0. The van der Waals surface area contributed by atoms with Gasteiger partial charge in [-0.2, -0.15) is 0 Å². The van der Waals surface area contributed by atoms with Crippen LogP contribution in [-0.2, 0) is 0 Å². The standard InChI is InChI=1S/C80H82F2N2Si4/c1-51-17-41-73(53(3)45-51)83(79-69(57-23-35-65(36-24-57)87(11,12)13)47-61(49-71(79)81)55-19-31-63(32-20-55)85(5,6)7)75-43-29-59-28-40-68-76(44-30-60-27-39-67(75)77(59)78(60)68)84(74-42-18-52(2)46-54(74)4)80-70(58-25-37-66(38-26-58)88(14,15)16)48-62(50-72(80)82)56-21-33-64(34-22-56)86(8,9)10/h17-50H,1-16H3. The number of nitrogens with zero attached hydrogens (tertiary/aromatic N) is 2. The number of anilines is 6. The van der Waals surface area contributed by atoms with Crippen LogP contribution in [0.4, 0.5) is 42.9 Å². The van der Waals surface area contributed by atoms with Gasteiger partial charge in [-0.25, -0.2) is 8.78 Å². The lowest BCUT2D eigenvalue weighted by Gasteiger charge is -2.33. The number of rotatable bonds is 14. The molecule has 0 unspecified atom stereocenters. The number of hydrogen-bond donors (Lipinski definition) is 0. The van der Waals surface area contributed by atoms with Crippen molar-refractivity contribution < 1.29 is 8.78 Å². The Hall–Kier alpha value is -7.99. The molecule has 0 atom stereocenters. The number of aryl methyl sites for hydroxylation is 4. The Labute approximate surface area is 525 Å². The molecule has 0 saturated carbocycles. The minimum Gasteiger partial charge on any atom is -0.306 e. The Morgan fingerprint density at radius 3 is 0.852 bits per heavy atom. The van der Waals surface area contributed by atoms with E-state index >= 15 is 8.78 Å². The molecule has 12 rings (SSSR count).